The van der Waals surface area contributed by atoms with Crippen LogP contribution in [0.3, 0.4) is 0 Å². The van der Waals surface area contributed by atoms with E-state index >= 15 is 4.39 Å². The zero-order valence-electron chi connectivity index (χ0n) is 21.5. The minimum absolute atomic E-state index is 0.290. The summed E-state index contributed by atoms with van der Waals surface area (Å²) in [4.78, 5) is 0. The molecule has 0 fully saturated rings. The molecule has 0 saturated heterocycles. The van der Waals surface area contributed by atoms with Crippen molar-refractivity contribution in [3.05, 3.63) is 107 Å². The fraction of sp³-hybridized carbons (Fsp3) is 0.312. The average molecular weight is 525 g/mol. The molecular formula is C32H32F4O2. The lowest BCUT2D eigenvalue weighted by Gasteiger charge is -2.10. The van der Waals surface area contributed by atoms with Crippen molar-refractivity contribution in [2.24, 2.45) is 0 Å². The summed E-state index contributed by atoms with van der Waals surface area (Å²) in [6.07, 6.45) is 5.86. The molecule has 0 N–H and O–H groups in total. The summed E-state index contributed by atoms with van der Waals surface area (Å²) < 4.78 is 63.8. The van der Waals surface area contributed by atoms with Gasteiger partial charge in [-0.2, -0.15) is 8.78 Å². The van der Waals surface area contributed by atoms with Crippen molar-refractivity contribution < 1.29 is 27.0 Å². The molecule has 38 heavy (non-hydrogen) atoms. The Labute approximate surface area is 221 Å². The molecular weight excluding hydrogens is 492 g/mol. The Kier molecular flexibility index (Phi) is 9.63. The highest BCUT2D eigenvalue weighted by molar-refractivity contribution is 5.84. The number of aryl methyl sites for hydroxylation is 4. The molecule has 0 aliphatic heterocycles. The zero-order chi connectivity index (χ0) is 26.9. The highest BCUT2D eigenvalue weighted by atomic mass is 19.3. The van der Waals surface area contributed by atoms with Crippen LogP contribution >= 0.6 is 0 Å². The SMILES string of the molecule is CCCCCOc1ccc(CCc2ccc3c(F)c(CCc4ccc(OC(F)F)c(F)c4)ccc3c2)cc1. The predicted molar refractivity (Wildman–Crippen MR) is 143 cm³/mol. The van der Waals surface area contributed by atoms with Crippen molar-refractivity contribution in [2.45, 2.75) is 58.5 Å². The third-order valence-corrected chi connectivity index (χ3v) is 6.64. The van der Waals surface area contributed by atoms with Gasteiger partial charge in [0.05, 0.1) is 6.61 Å². The van der Waals surface area contributed by atoms with Gasteiger partial charge in [0, 0.05) is 5.39 Å². The van der Waals surface area contributed by atoms with E-state index in [-0.39, 0.29) is 5.82 Å². The van der Waals surface area contributed by atoms with Gasteiger partial charge in [0.1, 0.15) is 11.6 Å². The standard InChI is InChI=1S/C32H32F4O2/c1-2-3-4-19-37-27-15-8-22(9-16-27)5-6-23-10-17-28-26(20-23)14-13-25(31(28)34)12-7-24-11-18-30(29(33)21-24)38-32(35)36/h8-11,13-18,20-21,32H,2-7,12,19H2,1H3. The van der Waals surface area contributed by atoms with E-state index in [2.05, 4.69) is 23.8 Å². The van der Waals surface area contributed by atoms with E-state index in [1.54, 1.807) is 6.07 Å². The quantitative estimate of drug-likeness (QED) is 0.128. The molecule has 0 aliphatic carbocycles. The second kappa shape index (κ2) is 13.3. The largest absolute Gasteiger partial charge is 0.494 e. The fourth-order valence-corrected chi connectivity index (χ4v) is 4.49. The molecule has 0 radical (unpaired) electrons. The van der Waals surface area contributed by atoms with Gasteiger partial charge in [-0.25, -0.2) is 8.78 Å². The third-order valence-electron chi connectivity index (χ3n) is 6.64. The lowest BCUT2D eigenvalue weighted by Crippen LogP contribution is -2.04. The molecule has 0 aliphatic rings. The van der Waals surface area contributed by atoms with Gasteiger partial charge in [-0.1, -0.05) is 68.3 Å². The monoisotopic (exact) mass is 524 g/mol. The molecule has 0 heterocycles. The summed E-state index contributed by atoms with van der Waals surface area (Å²) in [7, 11) is 0. The summed E-state index contributed by atoms with van der Waals surface area (Å²) in [5.74, 6) is -0.757. The maximum atomic E-state index is 15.2. The van der Waals surface area contributed by atoms with Crippen LogP contribution in [-0.2, 0) is 25.7 Å². The first-order chi connectivity index (χ1) is 18.4. The number of hydrogen-bond acceptors (Lipinski definition) is 2. The van der Waals surface area contributed by atoms with Crippen LogP contribution in [0.15, 0.2) is 72.8 Å². The number of alkyl halides is 2. The Bertz CT molecular complexity index is 1340. The number of fused-ring (bicyclic) bond motifs is 1. The number of hydrogen-bond donors (Lipinski definition) is 0. The minimum Gasteiger partial charge on any atom is -0.494 e. The van der Waals surface area contributed by atoms with E-state index in [9.17, 15) is 13.2 Å². The first-order valence-electron chi connectivity index (χ1n) is 13.1. The predicted octanol–water partition coefficient (Wildman–Crippen LogP) is 8.86. The van der Waals surface area contributed by atoms with Crippen molar-refractivity contribution in [2.75, 3.05) is 6.61 Å². The molecule has 2 nitrogen and oxygen atoms in total. The van der Waals surface area contributed by atoms with Gasteiger partial charge in [-0.15, -0.1) is 0 Å². The highest BCUT2D eigenvalue weighted by Crippen LogP contribution is 2.26. The summed E-state index contributed by atoms with van der Waals surface area (Å²) >= 11 is 0. The third kappa shape index (κ3) is 7.50. The Hall–Kier alpha value is -3.54. The highest BCUT2D eigenvalue weighted by Gasteiger charge is 2.12. The maximum absolute atomic E-state index is 15.2. The van der Waals surface area contributed by atoms with Crippen LogP contribution in [0.25, 0.3) is 10.8 Å². The fourth-order valence-electron chi connectivity index (χ4n) is 4.49. The van der Waals surface area contributed by atoms with E-state index in [1.165, 1.54) is 30.5 Å². The molecule has 0 aromatic heterocycles. The van der Waals surface area contributed by atoms with Crippen LogP contribution in [0.1, 0.15) is 48.4 Å². The molecule has 200 valence electrons. The number of ether oxygens (including phenoxy) is 2. The van der Waals surface area contributed by atoms with Crippen molar-refractivity contribution in [3.8, 4) is 11.5 Å². The van der Waals surface area contributed by atoms with Crippen LogP contribution in [-0.4, -0.2) is 13.2 Å². The normalized spacial score (nSPS) is 11.3. The smallest absolute Gasteiger partial charge is 0.387 e. The van der Waals surface area contributed by atoms with Crippen LogP contribution in [0, 0.1) is 11.6 Å². The molecule has 4 rings (SSSR count). The van der Waals surface area contributed by atoms with Crippen LogP contribution in [0.5, 0.6) is 11.5 Å². The van der Waals surface area contributed by atoms with E-state index in [0.29, 0.717) is 29.4 Å². The van der Waals surface area contributed by atoms with Gasteiger partial charge in [0.25, 0.3) is 0 Å². The molecule has 0 unspecified atom stereocenters. The maximum Gasteiger partial charge on any atom is 0.387 e. The Balaban J connectivity index is 1.34. The van der Waals surface area contributed by atoms with Gasteiger partial charge < -0.3 is 9.47 Å². The number of unbranched alkanes of at least 4 members (excludes halogenated alkanes) is 2. The zero-order valence-corrected chi connectivity index (χ0v) is 21.5. The lowest BCUT2D eigenvalue weighted by atomic mass is 9.97. The van der Waals surface area contributed by atoms with Crippen LogP contribution in [0.4, 0.5) is 17.6 Å². The van der Waals surface area contributed by atoms with Gasteiger partial charge in [0.2, 0.25) is 0 Å². The van der Waals surface area contributed by atoms with Crippen molar-refractivity contribution in [1.82, 2.24) is 0 Å². The van der Waals surface area contributed by atoms with Crippen molar-refractivity contribution in [1.29, 1.82) is 0 Å². The van der Waals surface area contributed by atoms with E-state index in [1.807, 2.05) is 36.4 Å². The number of halogens is 4. The topological polar surface area (TPSA) is 18.5 Å². The number of benzene rings is 4. The summed E-state index contributed by atoms with van der Waals surface area (Å²) in [6, 6.07) is 21.5. The van der Waals surface area contributed by atoms with E-state index in [4.69, 9.17) is 4.74 Å². The summed E-state index contributed by atoms with van der Waals surface area (Å²) in [6.45, 7) is -0.173. The second-order valence-corrected chi connectivity index (χ2v) is 9.44. The first-order valence-corrected chi connectivity index (χ1v) is 13.1. The second-order valence-electron chi connectivity index (χ2n) is 9.44. The van der Waals surface area contributed by atoms with Gasteiger partial charge in [0.15, 0.2) is 11.6 Å². The first kappa shape index (κ1) is 27.5. The molecule has 0 bridgehead atoms. The molecule has 6 heteroatoms. The van der Waals surface area contributed by atoms with Crippen molar-refractivity contribution >= 4 is 10.8 Å². The summed E-state index contributed by atoms with van der Waals surface area (Å²) in [5.41, 5.74) is 3.45. The molecule has 0 spiro atoms. The summed E-state index contributed by atoms with van der Waals surface area (Å²) in [5, 5.41) is 1.38. The van der Waals surface area contributed by atoms with E-state index in [0.717, 1.165) is 48.6 Å². The van der Waals surface area contributed by atoms with Gasteiger partial charge >= 0.3 is 6.61 Å². The Morgan fingerprint density at radius 1 is 0.711 bits per heavy atom. The van der Waals surface area contributed by atoms with Gasteiger partial charge in [-0.05, 0) is 84.0 Å². The lowest BCUT2D eigenvalue weighted by molar-refractivity contribution is -0.0522. The number of rotatable bonds is 13. The van der Waals surface area contributed by atoms with Crippen LogP contribution in [0.2, 0.25) is 0 Å². The average Bonchev–Trinajstić information content (AvgIpc) is 2.91. The minimum atomic E-state index is -3.09. The molecule has 0 amide bonds. The molecule has 4 aromatic rings. The van der Waals surface area contributed by atoms with Gasteiger partial charge in [-0.3, -0.25) is 0 Å². The molecule has 0 saturated carbocycles. The van der Waals surface area contributed by atoms with Crippen LogP contribution < -0.4 is 9.47 Å². The Morgan fingerprint density at radius 3 is 2.13 bits per heavy atom. The molecule has 4 aromatic carbocycles. The Morgan fingerprint density at radius 2 is 1.39 bits per heavy atom. The molecule has 0 atom stereocenters. The van der Waals surface area contributed by atoms with Crippen molar-refractivity contribution in [3.63, 3.8) is 0 Å². The van der Waals surface area contributed by atoms with E-state index < -0.39 is 18.2 Å².